The molecule has 4 atom stereocenters. The van der Waals surface area contributed by atoms with Gasteiger partial charge in [0.1, 0.15) is 34.7 Å². The molecule has 0 saturated heterocycles. The van der Waals surface area contributed by atoms with Crippen molar-refractivity contribution in [2.75, 3.05) is 31.9 Å². The molecule has 368 valence electrons. The highest BCUT2D eigenvalue weighted by atomic mass is 32.2. The summed E-state index contributed by atoms with van der Waals surface area (Å²) in [4.78, 5) is 48.7. The van der Waals surface area contributed by atoms with Gasteiger partial charge in [-0.2, -0.15) is 46.7 Å². The number of aliphatic hydroxyl groups excluding tert-OH is 4. The molecule has 0 saturated carbocycles. The van der Waals surface area contributed by atoms with Crippen LogP contribution in [0.4, 0.5) is 58.4 Å². The number of rotatable bonds is 20. The molecule has 0 aliphatic heterocycles. The van der Waals surface area contributed by atoms with Crippen LogP contribution in [0.1, 0.15) is 59.5 Å². The second kappa shape index (κ2) is 22.0. The van der Waals surface area contributed by atoms with Gasteiger partial charge in [-0.05, 0) is 112 Å². The van der Waals surface area contributed by atoms with Crippen molar-refractivity contribution in [3.05, 3.63) is 107 Å². The molecule has 2 heterocycles. The molecule has 26 nitrogen and oxygen atoms in total. The third-order valence-corrected chi connectivity index (χ3v) is 10.8. The first-order chi connectivity index (χ1) is 33.0. The minimum atomic E-state index is -4.96. The highest BCUT2D eigenvalue weighted by Gasteiger charge is 2.20. The quantitative estimate of drug-likeness (QED) is 0.0296. The third-order valence-electron chi connectivity index (χ3n) is 8.97. The van der Waals surface area contributed by atoms with Crippen molar-refractivity contribution < 1.29 is 56.0 Å². The van der Waals surface area contributed by atoms with Gasteiger partial charge in [-0.3, -0.25) is 18.7 Å². The predicted molar refractivity (Wildman–Crippen MR) is 256 cm³/mol. The predicted octanol–water partition coefficient (Wildman–Crippen LogP) is 3.33. The highest BCUT2D eigenvalue weighted by molar-refractivity contribution is 7.86. The van der Waals surface area contributed by atoms with Gasteiger partial charge in [-0.1, -0.05) is 24.3 Å². The molecule has 2 aromatic heterocycles. The molecule has 70 heavy (non-hydrogen) atoms. The van der Waals surface area contributed by atoms with Crippen LogP contribution < -0.4 is 42.5 Å². The van der Waals surface area contributed by atoms with Crippen molar-refractivity contribution in [3.63, 3.8) is 0 Å². The number of carbonyl (C=O) groups excluding carboxylic acids is 2. The van der Waals surface area contributed by atoms with Crippen molar-refractivity contribution in [2.24, 2.45) is 0 Å². The molecule has 4 aromatic carbocycles. The van der Waals surface area contributed by atoms with E-state index in [2.05, 4.69) is 72.4 Å². The molecular weight excluding hydrogens is 957 g/mol. The molecule has 6 rings (SSSR count). The Hall–Kier alpha value is -7.96. The number of hydrogen-bond donors (Lipinski definition) is 14. The summed E-state index contributed by atoms with van der Waals surface area (Å²) < 4.78 is 71.4. The summed E-state index contributed by atoms with van der Waals surface area (Å²) in [7, 11) is -9.92. The van der Waals surface area contributed by atoms with Crippen LogP contribution in [0, 0.1) is 0 Å². The Morgan fingerprint density at radius 3 is 1.01 bits per heavy atom. The van der Waals surface area contributed by atoms with Crippen LogP contribution in [0.15, 0.2) is 94.7 Å². The molecule has 0 aliphatic rings. The summed E-state index contributed by atoms with van der Waals surface area (Å²) in [6, 6.07) is 19.6. The lowest BCUT2D eigenvalue weighted by molar-refractivity contribution is 0.0807. The highest BCUT2D eigenvalue weighted by Crippen LogP contribution is 2.29. The molecule has 6 aromatic rings. The van der Waals surface area contributed by atoms with Gasteiger partial charge in [-0.15, -0.1) is 0 Å². The number of nitrogens with zero attached hydrogens (tertiary/aromatic N) is 6. The van der Waals surface area contributed by atoms with Gasteiger partial charge in [0, 0.05) is 33.9 Å². The number of benzene rings is 4. The van der Waals surface area contributed by atoms with Crippen LogP contribution >= 0.6 is 0 Å². The van der Waals surface area contributed by atoms with Crippen molar-refractivity contribution in [1.82, 2.24) is 40.5 Å². The van der Waals surface area contributed by atoms with E-state index in [1.54, 1.807) is 24.3 Å². The van der Waals surface area contributed by atoms with Crippen molar-refractivity contribution >= 4 is 103 Å². The van der Waals surface area contributed by atoms with E-state index in [4.69, 9.17) is 0 Å². The first kappa shape index (κ1) is 51.4. The number of aliphatic hydroxyl groups is 4. The standard InChI is InChI=1S/C42H46N14O12S2/c1-21(57)43-35(61)27-9-13-29(14-10-27)47-39-51-37(45-23(3)59)53-41(55-39)49-31-17-7-25(33(19-31)69(63,64)65)5-6-26-8-18-32(20-34(26)70(66,67)68)50-42-54-38(46-24(4)60)52-40(56-42)48-30-15-11-28(12-16-30)36(62)44-22(2)58/h5-24,57-60H,1-4H3,(H,43,61)(H,44,62)(H,63,64,65)(H,66,67,68)(H3,45,47,49,51,53,55)(H3,46,48,50,52,54,56). The SMILES string of the molecule is CC(O)NC(=O)c1ccc(Nc2nc(Nc3ccc(C=Cc4ccc(Nc5nc(Nc6ccc(C(=O)NC(C)O)cc6)nc(NC(C)O)n5)cc4S(=O)(=O)O)c(S(=O)(=O)O)c3)nc(NC(C)O)n2)cc1. The van der Waals surface area contributed by atoms with E-state index in [-0.39, 0.29) is 69.3 Å². The lowest BCUT2D eigenvalue weighted by Gasteiger charge is -2.14. The lowest BCUT2D eigenvalue weighted by atomic mass is 10.1. The van der Waals surface area contributed by atoms with Crippen LogP contribution in [0.5, 0.6) is 0 Å². The van der Waals surface area contributed by atoms with Gasteiger partial charge in [0.15, 0.2) is 0 Å². The third kappa shape index (κ3) is 14.8. The minimum Gasteiger partial charge on any atom is -0.374 e. The number of aromatic nitrogens is 6. The van der Waals surface area contributed by atoms with Gasteiger partial charge < -0.3 is 63.0 Å². The van der Waals surface area contributed by atoms with Crippen LogP contribution in [0.3, 0.4) is 0 Å². The average molecular weight is 1000 g/mol. The fourth-order valence-electron chi connectivity index (χ4n) is 6.08. The van der Waals surface area contributed by atoms with E-state index in [1.807, 2.05) is 0 Å². The molecule has 0 aliphatic carbocycles. The molecule has 4 unspecified atom stereocenters. The zero-order valence-electron chi connectivity index (χ0n) is 37.2. The Balaban J connectivity index is 1.24. The largest absolute Gasteiger partial charge is 0.374 e. The molecule has 28 heteroatoms. The van der Waals surface area contributed by atoms with Crippen LogP contribution in [0.2, 0.25) is 0 Å². The average Bonchev–Trinajstić information content (AvgIpc) is 3.25. The van der Waals surface area contributed by atoms with Crippen molar-refractivity contribution in [1.29, 1.82) is 0 Å². The monoisotopic (exact) mass is 1000 g/mol. The molecule has 0 radical (unpaired) electrons. The number of anilines is 10. The Labute approximate surface area is 399 Å². The zero-order chi connectivity index (χ0) is 50.9. The van der Waals surface area contributed by atoms with E-state index in [9.17, 15) is 56.0 Å². The maximum Gasteiger partial charge on any atom is 0.295 e. The summed E-state index contributed by atoms with van der Waals surface area (Å²) in [6.45, 7) is 5.60. The second-order valence-electron chi connectivity index (χ2n) is 15.0. The van der Waals surface area contributed by atoms with Crippen LogP contribution in [-0.2, 0) is 20.2 Å². The van der Waals surface area contributed by atoms with E-state index in [1.165, 1.54) is 88.4 Å². The molecule has 0 bridgehead atoms. The summed E-state index contributed by atoms with van der Waals surface area (Å²) in [5.41, 5.74) is 1.24. The van der Waals surface area contributed by atoms with Gasteiger partial charge in [-0.25, -0.2) is 0 Å². The van der Waals surface area contributed by atoms with Gasteiger partial charge in [0.2, 0.25) is 35.7 Å². The first-order valence-electron chi connectivity index (χ1n) is 20.6. The fraction of sp³-hybridized carbons (Fsp3) is 0.190. The summed E-state index contributed by atoms with van der Waals surface area (Å²) in [5, 5.41) is 60.3. The van der Waals surface area contributed by atoms with Crippen molar-refractivity contribution in [2.45, 2.75) is 62.4 Å². The summed E-state index contributed by atoms with van der Waals surface area (Å²) in [6.07, 6.45) is -1.99. The molecule has 0 fully saturated rings. The van der Waals surface area contributed by atoms with E-state index >= 15 is 0 Å². The molecular formula is C42H46N14O12S2. The van der Waals surface area contributed by atoms with Gasteiger partial charge >= 0.3 is 0 Å². The Morgan fingerprint density at radius 1 is 0.443 bits per heavy atom. The smallest absolute Gasteiger partial charge is 0.295 e. The maximum absolute atomic E-state index is 12.7. The Morgan fingerprint density at radius 2 is 0.729 bits per heavy atom. The lowest BCUT2D eigenvalue weighted by Crippen LogP contribution is -2.31. The topological polar surface area (TPSA) is 397 Å². The Kier molecular flexibility index (Phi) is 16.2. The number of amides is 2. The first-order valence-corrected chi connectivity index (χ1v) is 23.4. The minimum absolute atomic E-state index is 0.0480. The number of carbonyl (C=O) groups is 2. The number of hydrogen-bond acceptors (Lipinski definition) is 22. The van der Waals surface area contributed by atoms with Crippen LogP contribution in [-0.4, -0.2) is 113 Å². The summed E-state index contributed by atoms with van der Waals surface area (Å²) >= 11 is 0. The fourth-order valence-corrected chi connectivity index (χ4v) is 7.50. The Bertz CT molecular complexity index is 2920. The van der Waals surface area contributed by atoms with Crippen LogP contribution in [0.25, 0.3) is 12.2 Å². The van der Waals surface area contributed by atoms with Crippen molar-refractivity contribution in [3.8, 4) is 0 Å². The second-order valence-corrected chi connectivity index (χ2v) is 17.8. The van der Waals surface area contributed by atoms with E-state index < -0.39 is 66.8 Å². The van der Waals surface area contributed by atoms with Gasteiger partial charge in [0.05, 0.1) is 0 Å². The van der Waals surface area contributed by atoms with E-state index in [0.29, 0.717) is 11.4 Å². The van der Waals surface area contributed by atoms with Gasteiger partial charge in [0.25, 0.3) is 32.1 Å². The molecule has 14 N–H and O–H groups in total. The maximum atomic E-state index is 12.7. The molecule has 2 amide bonds. The number of nitrogens with one attached hydrogen (secondary N) is 8. The normalized spacial score (nSPS) is 13.3. The zero-order valence-corrected chi connectivity index (χ0v) is 38.8. The summed E-state index contributed by atoms with van der Waals surface area (Å²) in [5.74, 6) is -1.66. The molecule has 0 spiro atoms. The van der Waals surface area contributed by atoms with E-state index in [0.717, 1.165) is 12.1 Å².